The van der Waals surface area contributed by atoms with Gasteiger partial charge in [0, 0.05) is 0 Å². The Bertz CT molecular complexity index is 543. The summed E-state index contributed by atoms with van der Waals surface area (Å²) in [7, 11) is 0. The first-order chi connectivity index (χ1) is 9.31. The normalized spacial score (nSPS) is 10.2. The second-order valence-corrected chi connectivity index (χ2v) is 5.87. The fourth-order valence-corrected chi connectivity index (χ4v) is 3.56. The van der Waals surface area contributed by atoms with Gasteiger partial charge < -0.3 is 0 Å². The van der Waals surface area contributed by atoms with Gasteiger partial charge in [0.05, 0.1) is 0 Å². The Kier molecular flexibility index (Phi) is 5.13. The number of carbonyl (C=O) groups excluding carboxylic acids is 1. The second-order valence-electron chi connectivity index (χ2n) is 3.85. The zero-order valence-corrected chi connectivity index (χ0v) is 12.4. The van der Waals surface area contributed by atoms with Gasteiger partial charge in [0.15, 0.2) is 0 Å². The summed E-state index contributed by atoms with van der Waals surface area (Å²) in [5.41, 5.74) is 1.86. The Balaban J connectivity index is 2.10. The first-order valence-electron chi connectivity index (χ1n) is 6.10. The van der Waals surface area contributed by atoms with Crippen LogP contribution in [0.25, 0.3) is 0 Å². The standard InChI is InChI=1S/C15H15NO2Se/c1-2-18-15(17)13-9-6-10-16-14(13)19-11-12-7-4-3-5-8-12/h3-10H,2,11H2,1H3. The van der Waals surface area contributed by atoms with Crippen LogP contribution in [-0.2, 0) is 10.1 Å². The quantitative estimate of drug-likeness (QED) is 0.623. The van der Waals surface area contributed by atoms with E-state index < -0.39 is 0 Å². The minimum atomic E-state index is -0.277. The molecule has 0 unspecified atom stereocenters. The van der Waals surface area contributed by atoms with E-state index in [2.05, 4.69) is 17.1 Å². The summed E-state index contributed by atoms with van der Waals surface area (Å²) in [6, 6.07) is 13.8. The van der Waals surface area contributed by atoms with Crippen molar-refractivity contribution in [3.63, 3.8) is 0 Å². The molecule has 2 aromatic rings. The zero-order valence-electron chi connectivity index (χ0n) is 10.7. The second kappa shape index (κ2) is 7.07. The van der Waals surface area contributed by atoms with Gasteiger partial charge in [-0.05, 0) is 0 Å². The van der Waals surface area contributed by atoms with E-state index in [4.69, 9.17) is 4.74 Å². The van der Waals surface area contributed by atoms with Crippen LogP contribution in [0, 0.1) is 0 Å². The number of pyridine rings is 1. The molecule has 0 fully saturated rings. The van der Waals surface area contributed by atoms with Gasteiger partial charge >= 0.3 is 119 Å². The maximum absolute atomic E-state index is 11.8. The number of ether oxygens (including phenoxy) is 1. The van der Waals surface area contributed by atoms with Gasteiger partial charge in [0.2, 0.25) is 0 Å². The molecule has 0 saturated carbocycles. The molecular weight excluding hydrogens is 305 g/mol. The molecule has 0 aliphatic rings. The summed E-state index contributed by atoms with van der Waals surface area (Å²) >= 11 is 0.130. The Morgan fingerprint density at radius 1 is 1.21 bits per heavy atom. The number of carbonyl (C=O) groups is 1. The Hall–Kier alpha value is -1.64. The van der Waals surface area contributed by atoms with Gasteiger partial charge in [0.1, 0.15) is 0 Å². The third-order valence-electron chi connectivity index (χ3n) is 2.48. The monoisotopic (exact) mass is 321 g/mol. The first kappa shape index (κ1) is 13.8. The first-order valence-corrected chi connectivity index (χ1v) is 8.17. The van der Waals surface area contributed by atoms with Crippen molar-refractivity contribution in [2.45, 2.75) is 12.2 Å². The van der Waals surface area contributed by atoms with Gasteiger partial charge in [0.25, 0.3) is 0 Å². The number of hydrogen-bond donors (Lipinski definition) is 0. The number of rotatable bonds is 5. The van der Waals surface area contributed by atoms with Crippen molar-refractivity contribution in [3.05, 3.63) is 59.8 Å². The fraction of sp³-hybridized carbons (Fsp3) is 0.200. The van der Waals surface area contributed by atoms with Crippen LogP contribution in [0.15, 0.2) is 48.7 Å². The molecule has 3 nitrogen and oxygen atoms in total. The molecule has 1 heterocycles. The van der Waals surface area contributed by atoms with Crippen LogP contribution in [0.4, 0.5) is 0 Å². The topological polar surface area (TPSA) is 39.2 Å². The SMILES string of the molecule is CCOC(=O)c1cccnc1[Se]Cc1ccccc1. The summed E-state index contributed by atoms with van der Waals surface area (Å²) in [5.74, 6) is -0.277. The van der Waals surface area contributed by atoms with E-state index in [-0.39, 0.29) is 20.9 Å². The predicted octanol–water partition coefficient (Wildman–Crippen LogP) is 1.79. The third kappa shape index (κ3) is 3.91. The molecule has 0 aliphatic heterocycles. The number of aromatic nitrogens is 1. The summed E-state index contributed by atoms with van der Waals surface area (Å²) in [5, 5.41) is 0.928. The Morgan fingerprint density at radius 2 is 2.00 bits per heavy atom. The molecule has 1 aromatic heterocycles. The molecular formula is C15H15NO2Se. The van der Waals surface area contributed by atoms with Crippen molar-refractivity contribution in [1.82, 2.24) is 4.98 Å². The van der Waals surface area contributed by atoms with Crippen LogP contribution in [0.2, 0.25) is 0 Å². The van der Waals surface area contributed by atoms with Crippen LogP contribution in [0.1, 0.15) is 22.8 Å². The van der Waals surface area contributed by atoms with E-state index >= 15 is 0 Å². The molecule has 0 aliphatic carbocycles. The van der Waals surface area contributed by atoms with E-state index in [9.17, 15) is 4.79 Å². The maximum atomic E-state index is 11.8. The molecule has 0 atom stereocenters. The van der Waals surface area contributed by atoms with Gasteiger partial charge in [-0.1, -0.05) is 0 Å². The van der Waals surface area contributed by atoms with Gasteiger partial charge in [-0.25, -0.2) is 0 Å². The van der Waals surface area contributed by atoms with Crippen LogP contribution < -0.4 is 4.59 Å². The summed E-state index contributed by atoms with van der Waals surface area (Å²) in [6.07, 6.45) is 1.73. The zero-order chi connectivity index (χ0) is 13.5. The number of benzene rings is 1. The number of nitrogens with zero attached hydrogens (tertiary/aromatic N) is 1. The molecule has 2 rings (SSSR count). The molecule has 0 N–H and O–H groups in total. The van der Waals surface area contributed by atoms with Crippen molar-refractivity contribution in [2.75, 3.05) is 6.61 Å². The predicted molar refractivity (Wildman–Crippen MR) is 75.7 cm³/mol. The molecule has 19 heavy (non-hydrogen) atoms. The van der Waals surface area contributed by atoms with Gasteiger partial charge in [-0.3, -0.25) is 0 Å². The average Bonchev–Trinajstić information content (AvgIpc) is 2.47. The van der Waals surface area contributed by atoms with Crippen molar-refractivity contribution >= 4 is 25.5 Å². The van der Waals surface area contributed by atoms with Gasteiger partial charge in [-0.2, -0.15) is 0 Å². The molecule has 98 valence electrons. The van der Waals surface area contributed by atoms with Crippen LogP contribution in [-0.4, -0.2) is 32.5 Å². The Morgan fingerprint density at radius 3 is 2.74 bits per heavy atom. The third-order valence-corrected chi connectivity index (χ3v) is 4.74. The molecule has 0 bridgehead atoms. The molecule has 0 amide bonds. The van der Waals surface area contributed by atoms with Crippen LogP contribution in [0.5, 0.6) is 0 Å². The average molecular weight is 320 g/mol. The fourth-order valence-electron chi connectivity index (χ4n) is 1.60. The Labute approximate surface area is 119 Å². The van der Waals surface area contributed by atoms with Crippen molar-refractivity contribution in [3.8, 4) is 0 Å². The molecule has 1 aromatic carbocycles. The van der Waals surface area contributed by atoms with E-state index in [1.807, 2.05) is 25.1 Å². The minimum absolute atomic E-state index is 0.130. The van der Waals surface area contributed by atoms with Gasteiger partial charge in [-0.15, -0.1) is 0 Å². The van der Waals surface area contributed by atoms with E-state index in [1.54, 1.807) is 18.3 Å². The van der Waals surface area contributed by atoms with Crippen LogP contribution >= 0.6 is 0 Å². The van der Waals surface area contributed by atoms with E-state index in [1.165, 1.54) is 5.56 Å². The number of esters is 1. The summed E-state index contributed by atoms with van der Waals surface area (Å²) in [6.45, 7) is 2.20. The summed E-state index contributed by atoms with van der Waals surface area (Å²) < 4.78 is 5.91. The molecule has 0 saturated heterocycles. The molecule has 0 radical (unpaired) electrons. The van der Waals surface area contributed by atoms with Crippen molar-refractivity contribution in [2.24, 2.45) is 0 Å². The van der Waals surface area contributed by atoms with Crippen molar-refractivity contribution < 1.29 is 9.53 Å². The van der Waals surface area contributed by atoms with Crippen molar-refractivity contribution in [1.29, 1.82) is 0 Å². The van der Waals surface area contributed by atoms with Crippen LogP contribution in [0.3, 0.4) is 0 Å². The van der Waals surface area contributed by atoms with E-state index in [0.29, 0.717) is 12.2 Å². The van der Waals surface area contributed by atoms with E-state index in [0.717, 1.165) is 9.91 Å². The number of hydrogen-bond acceptors (Lipinski definition) is 3. The molecule has 4 heteroatoms. The summed E-state index contributed by atoms with van der Waals surface area (Å²) in [4.78, 5) is 16.1. The molecule has 0 spiro atoms.